The minimum atomic E-state index is -0.845. The summed E-state index contributed by atoms with van der Waals surface area (Å²) in [4.78, 5) is 39.4. The van der Waals surface area contributed by atoms with E-state index in [-0.39, 0.29) is 24.5 Å². The predicted molar refractivity (Wildman–Crippen MR) is 153 cm³/mol. The van der Waals surface area contributed by atoms with Gasteiger partial charge in [0.2, 0.25) is 0 Å². The SMILES string of the molecule is C=CCOc1c(I)cc(/C=C2\C(=O)NC(=O)N(c3ccc(OCc4ccccc4Cl)cc3)C2=O)cc1OC. The van der Waals surface area contributed by atoms with Crippen LogP contribution in [0.3, 0.4) is 0 Å². The maximum absolute atomic E-state index is 13.3. The van der Waals surface area contributed by atoms with Gasteiger partial charge in [-0.3, -0.25) is 14.9 Å². The van der Waals surface area contributed by atoms with Crippen LogP contribution in [0.2, 0.25) is 5.02 Å². The third-order valence-corrected chi connectivity index (χ3v) is 6.63. The number of nitrogens with zero attached hydrogens (tertiary/aromatic N) is 1. The molecule has 0 aromatic heterocycles. The van der Waals surface area contributed by atoms with Gasteiger partial charge in [-0.2, -0.15) is 0 Å². The summed E-state index contributed by atoms with van der Waals surface area (Å²) in [5, 5.41) is 2.82. The van der Waals surface area contributed by atoms with Gasteiger partial charge < -0.3 is 14.2 Å². The Hall–Kier alpha value is -3.83. The molecule has 3 aromatic rings. The zero-order chi connectivity index (χ0) is 27.2. The van der Waals surface area contributed by atoms with Crippen molar-refractivity contribution < 1.29 is 28.6 Å². The molecule has 1 saturated heterocycles. The summed E-state index contributed by atoms with van der Waals surface area (Å²) in [7, 11) is 1.49. The number of imide groups is 2. The van der Waals surface area contributed by atoms with E-state index in [2.05, 4.69) is 34.5 Å². The topological polar surface area (TPSA) is 94.2 Å². The van der Waals surface area contributed by atoms with Crippen LogP contribution in [-0.4, -0.2) is 31.6 Å². The van der Waals surface area contributed by atoms with Crippen molar-refractivity contribution in [3.05, 3.63) is 98.6 Å². The molecule has 0 unspecified atom stereocenters. The minimum absolute atomic E-state index is 0.207. The number of ether oxygens (including phenoxy) is 3. The van der Waals surface area contributed by atoms with Gasteiger partial charge in [0.1, 0.15) is 24.5 Å². The number of urea groups is 1. The fourth-order valence-electron chi connectivity index (χ4n) is 3.63. The van der Waals surface area contributed by atoms with Gasteiger partial charge in [-0.25, -0.2) is 9.69 Å². The van der Waals surface area contributed by atoms with Gasteiger partial charge in [0.15, 0.2) is 11.5 Å². The Kier molecular flexibility index (Phi) is 8.70. The number of halogens is 2. The van der Waals surface area contributed by atoms with Crippen LogP contribution in [0.5, 0.6) is 17.2 Å². The van der Waals surface area contributed by atoms with Crippen molar-refractivity contribution in [3.8, 4) is 17.2 Å². The van der Waals surface area contributed by atoms with Crippen LogP contribution in [0.15, 0.2) is 78.9 Å². The molecule has 0 atom stereocenters. The summed E-state index contributed by atoms with van der Waals surface area (Å²) in [5.74, 6) is -0.0926. The average Bonchev–Trinajstić information content (AvgIpc) is 2.90. The van der Waals surface area contributed by atoms with Crippen LogP contribution in [-0.2, 0) is 16.2 Å². The van der Waals surface area contributed by atoms with E-state index in [4.69, 9.17) is 25.8 Å². The number of rotatable bonds is 9. The number of methoxy groups -OCH3 is 1. The lowest BCUT2D eigenvalue weighted by Crippen LogP contribution is -2.54. The van der Waals surface area contributed by atoms with Crippen molar-refractivity contribution in [2.24, 2.45) is 0 Å². The lowest BCUT2D eigenvalue weighted by Gasteiger charge is -2.26. The Labute approximate surface area is 238 Å². The van der Waals surface area contributed by atoms with Crippen LogP contribution < -0.4 is 24.4 Å². The van der Waals surface area contributed by atoms with Gasteiger partial charge >= 0.3 is 6.03 Å². The molecule has 0 spiro atoms. The lowest BCUT2D eigenvalue weighted by molar-refractivity contribution is -0.122. The van der Waals surface area contributed by atoms with E-state index in [1.807, 2.05) is 18.2 Å². The van der Waals surface area contributed by atoms with Crippen LogP contribution in [0.4, 0.5) is 10.5 Å². The monoisotopic (exact) mass is 644 g/mol. The number of amides is 4. The predicted octanol–water partition coefficient (Wildman–Crippen LogP) is 5.76. The summed E-state index contributed by atoms with van der Waals surface area (Å²) in [5.41, 5.74) is 1.41. The zero-order valence-corrected chi connectivity index (χ0v) is 23.1. The van der Waals surface area contributed by atoms with Crippen LogP contribution in [0.1, 0.15) is 11.1 Å². The highest BCUT2D eigenvalue weighted by atomic mass is 127. The highest BCUT2D eigenvalue weighted by molar-refractivity contribution is 14.1. The highest BCUT2D eigenvalue weighted by Crippen LogP contribution is 2.35. The molecule has 1 aliphatic heterocycles. The Morgan fingerprint density at radius 1 is 1.05 bits per heavy atom. The minimum Gasteiger partial charge on any atom is -0.493 e. The van der Waals surface area contributed by atoms with E-state index in [1.165, 1.54) is 13.2 Å². The number of barbiturate groups is 1. The summed E-state index contributed by atoms with van der Waals surface area (Å²) in [6.07, 6.45) is 3.01. The Morgan fingerprint density at radius 2 is 1.79 bits per heavy atom. The third kappa shape index (κ3) is 6.00. The fourth-order valence-corrected chi connectivity index (χ4v) is 4.60. The van der Waals surface area contributed by atoms with Crippen molar-refractivity contribution >= 4 is 63.8 Å². The Morgan fingerprint density at radius 3 is 2.47 bits per heavy atom. The van der Waals surface area contributed by atoms with Gasteiger partial charge in [-0.15, -0.1) is 0 Å². The molecule has 1 heterocycles. The molecule has 38 heavy (non-hydrogen) atoms. The Balaban J connectivity index is 1.57. The van der Waals surface area contributed by atoms with E-state index in [0.29, 0.717) is 31.4 Å². The van der Waals surface area contributed by atoms with Gasteiger partial charge in [0.05, 0.1) is 16.4 Å². The van der Waals surface area contributed by atoms with E-state index in [0.717, 1.165) is 10.5 Å². The number of carbonyl (C=O) groups excluding carboxylic acids is 3. The van der Waals surface area contributed by atoms with Gasteiger partial charge in [0.25, 0.3) is 11.8 Å². The summed E-state index contributed by atoms with van der Waals surface area (Å²) >= 11 is 8.24. The molecule has 1 fully saturated rings. The molecule has 0 saturated carbocycles. The van der Waals surface area contributed by atoms with Crippen LogP contribution in [0, 0.1) is 3.57 Å². The van der Waals surface area contributed by atoms with Crippen LogP contribution in [0.25, 0.3) is 6.08 Å². The molecular weight excluding hydrogens is 623 g/mol. The van der Waals surface area contributed by atoms with Crippen molar-refractivity contribution in [3.63, 3.8) is 0 Å². The first-order chi connectivity index (χ1) is 18.3. The molecule has 3 aromatic carbocycles. The second-order valence-electron chi connectivity index (χ2n) is 7.97. The van der Waals surface area contributed by atoms with E-state index in [1.54, 1.807) is 48.5 Å². The van der Waals surface area contributed by atoms with Crippen molar-refractivity contribution in [2.45, 2.75) is 6.61 Å². The molecule has 0 aliphatic carbocycles. The van der Waals surface area contributed by atoms with E-state index >= 15 is 0 Å². The van der Waals surface area contributed by atoms with E-state index in [9.17, 15) is 14.4 Å². The smallest absolute Gasteiger partial charge is 0.335 e. The van der Waals surface area contributed by atoms with Crippen LogP contribution >= 0.6 is 34.2 Å². The summed E-state index contributed by atoms with van der Waals surface area (Å²) < 4.78 is 17.6. The molecular formula is C28H22ClIN2O6. The van der Waals surface area contributed by atoms with Crippen molar-refractivity contribution in [1.29, 1.82) is 0 Å². The maximum Gasteiger partial charge on any atom is 0.335 e. The van der Waals surface area contributed by atoms with Crippen molar-refractivity contribution in [1.82, 2.24) is 5.32 Å². The number of carbonyl (C=O) groups is 3. The molecule has 8 nitrogen and oxygen atoms in total. The quantitative estimate of drug-likeness (QED) is 0.138. The largest absolute Gasteiger partial charge is 0.493 e. The number of anilines is 1. The van der Waals surface area contributed by atoms with Crippen molar-refractivity contribution in [2.75, 3.05) is 18.6 Å². The van der Waals surface area contributed by atoms with E-state index < -0.39 is 17.8 Å². The molecule has 0 radical (unpaired) electrons. The Bertz CT molecular complexity index is 1440. The second kappa shape index (κ2) is 12.1. The normalized spacial score (nSPS) is 14.3. The summed E-state index contributed by atoms with van der Waals surface area (Å²) in [6.45, 7) is 4.18. The molecule has 0 bridgehead atoms. The number of nitrogens with one attached hydrogen (secondary N) is 1. The first-order valence-corrected chi connectivity index (χ1v) is 12.8. The maximum atomic E-state index is 13.3. The standard InChI is InChI=1S/C28H22ClIN2O6/c1-3-12-37-25-23(30)14-17(15-24(25)36-2)13-21-26(33)31-28(35)32(27(21)34)19-8-10-20(11-9-19)38-16-18-6-4-5-7-22(18)29/h3-11,13-15H,1,12,16H2,2H3,(H,31,33,35)/b21-13+. The third-order valence-electron chi connectivity index (χ3n) is 5.46. The molecule has 10 heteroatoms. The molecule has 1 N–H and O–H groups in total. The molecule has 1 aliphatic rings. The fraction of sp³-hybridized carbons (Fsp3) is 0.107. The second-order valence-corrected chi connectivity index (χ2v) is 9.54. The first-order valence-electron chi connectivity index (χ1n) is 11.3. The number of hydrogen-bond donors (Lipinski definition) is 1. The zero-order valence-electron chi connectivity index (χ0n) is 20.2. The first kappa shape index (κ1) is 27.2. The number of benzene rings is 3. The summed E-state index contributed by atoms with van der Waals surface area (Å²) in [6, 6.07) is 16.2. The van der Waals surface area contributed by atoms with Gasteiger partial charge in [-0.1, -0.05) is 42.5 Å². The van der Waals surface area contributed by atoms with Gasteiger partial charge in [0, 0.05) is 10.6 Å². The van der Waals surface area contributed by atoms with Gasteiger partial charge in [-0.05, 0) is 76.7 Å². The molecule has 194 valence electrons. The highest BCUT2D eigenvalue weighted by Gasteiger charge is 2.37. The molecule has 4 amide bonds. The number of hydrogen-bond acceptors (Lipinski definition) is 6. The average molecular weight is 645 g/mol. The molecule has 4 rings (SSSR count). The lowest BCUT2D eigenvalue weighted by atomic mass is 10.1.